The van der Waals surface area contributed by atoms with E-state index < -0.39 is 0 Å². The van der Waals surface area contributed by atoms with Gasteiger partial charge in [0.05, 0.1) is 5.52 Å². The number of para-hydroxylation sites is 2. The van der Waals surface area contributed by atoms with Gasteiger partial charge in [0.15, 0.2) is 5.82 Å². The Morgan fingerprint density at radius 1 is 0.882 bits per heavy atom. The number of hydrogen-bond donors (Lipinski definition) is 2. The summed E-state index contributed by atoms with van der Waals surface area (Å²) in [5, 5.41) is 10.6. The van der Waals surface area contributed by atoms with Crippen LogP contribution in [0.1, 0.15) is 18.9 Å². The Hall–Kier alpha value is -3.89. The van der Waals surface area contributed by atoms with E-state index in [-0.39, 0.29) is 0 Å². The number of rotatable bonds is 7. The SMILES string of the molecule is C=C(Nc1nc(-c2cc(Cl)cc3ccccc23)nc2ccccc12)c1ccccc1NCCC. The molecule has 5 aromatic rings. The van der Waals surface area contributed by atoms with Crippen molar-refractivity contribution in [1.29, 1.82) is 0 Å². The van der Waals surface area contributed by atoms with Crippen LogP contribution in [0.15, 0.2) is 91.5 Å². The molecule has 4 nitrogen and oxygen atoms in total. The fourth-order valence-corrected chi connectivity index (χ4v) is 4.35. The molecule has 0 saturated carbocycles. The monoisotopic (exact) mass is 464 g/mol. The number of anilines is 2. The maximum absolute atomic E-state index is 6.46. The van der Waals surface area contributed by atoms with Gasteiger partial charge in [0.2, 0.25) is 0 Å². The van der Waals surface area contributed by atoms with Crippen LogP contribution in [0.3, 0.4) is 0 Å². The quantitative estimate of drug-likeness (QED) is 0.256. The summed E-state index contributed by atoms with van der Waals surface area (Å²) in [6.45, 7) is 7.37. The van der Waals surface area contributed by atoms with Crippen LogP contribution < -0.4 is 10.6 Å². The summed E-state index contributed by atoms with van der Waals surface area (Å²) in [5.41, 5.74) is 4.57. The van der Waals surface area contributed by atoms with Crippen molar-refractivity contribution < 1.29 is 0 Å². The summed E-state index contributed by atoms with van der Waals surface area (Å²) in [7, 11) is 0. The minimum atomic E-state index is 0.616. The lowest BCUT2D eigenvalue weighted by Gasteiger charge is -2.17. The first kappa shape index (κ1) is 21.9. The second-order valence-corrected chi connectivity index (χ2v) is 8.60. The van der Waals surface area contributed by atoms with Crippen molar-refractivity contribution in [2.45, 2.75) is 13.3 Å². The normalized spacial score (nSPS) is 11.0. The summed E-state index contributed by atoms with van der Waals surface area (Å²) in [4.78, 5) is 9.84. The summed E-state index contributed by atoms with van der Waals surface area (Å²) in [5.74, 6) is 1.32. The largest absolute Gasteiger partial charge is 0.385 e. The van der Waals surface area contributed by atoms with Crippen molar-refractivity contribution in [3.63, 3.8) is 0 Å². The highest BCUT2D eigenvalue weighted by molar-refractivity contribution is 6.32. The molecule has 0 spiro atoms. The van der Waals surface area contributed by atoms with Crippen LogP contribution >= 0.6 is 11.6 Å². The minimum Gasteiger partial charge on any atom is -0.385 e. The van der Waals surface area contributed by atoms with E-state index in [1.807, 2.05) is 66.7 Å². The zero-order valence-corrected chi connectivity index (χ0v) is 19.7. The predicted octanol–water partition coefficient (Wildman–Crippen LogP) is 8.01. The van der Waals surface area contributed by atoms with E-state index in [2.05, 4.69) is 42.3 Å². The standard InChI is InChI=1S/C29H25ClN4/c1-3-16-31-26-14-8-6-11-22(26)19(2)32-28-24-13-7-9-15-27(24)33-29(34-28)25-18-21(30)17-20-10-4-5-12-23(20)25/h4-15,17-18,31H,2-3,16H2,1H3,(H,32,33,34). The molecule has 0 unspecified atom stereocenters. The van der Waals surface area contributed by atoms with E-state index in [1.54, 1.807) is 0 Å². The van der Waals surface area contributed by atoms with Crippen LogP contribution in [-0.4, -0.2) is 16.5 Å². The molecule has 168 valence electrons. The maximum atomic E-state index is 6.46. The van der Waals surface area contributed by atoms with E-state index in [9.17, 15) is 0 Å². The number of nitrogens with one attached hydrogen (secondary N) is 2. The second kappa shape index (κ2) is 9.54. The van der Waals surface area contributed by atoms with Gasteiger partial charge in [-0.3, -0.25) is 0 Å². The van der Waals surface area contributed by atoms with E-state index in [0.29, 0.717) is 16.7 Å². The van der Waals surface area contributed by atoms with E-state index in [1.165, 1.54) is 0 Å². The molecule has 4 aromatic carbocycles. The average molecular weight is 465 g/mol. The molecule has 0 bridgehead atoms. The smallest absolute Gasteiger partial charge is 0.162 e. The highest BCUT2D eigenvalue weighted by Crippen LogP contribution is 2.34. The van der Waals surface area contributed by atoms with Gasteiger partial charge < -0.3 is 10.6 Å². The maximum Gasteiger partial charge on any atom is 0.162 e. The van der Waals surface area contributed by atoms with Crippen LogP contribution in [0.4, 0.5) is 11.5 Å². The van der Waals surface area contributed by atoms with Crippen molar-refractivity contribution in [3.8, 4) is 11.4 Å². The molecule has 5 rings (SSSR count). The molecule has 0 amide bonds. The van der Waals surface area contributed by atoms with E-state index >= 15 is 0 Å². The van der Waals surface area contributed by atoms with E-state index in [4.69, 9.17) is 21.6 Å². The molecule has 1 heterocycles. The number of nitrogens with zero attached hydrogens (tertiary/aromatic N) is 2. The number of aromatic nitrogens is 2. The molecule has 0 aliphatic rings. The van der Waals surface area contributed by atoms with Gasteiger partial charge in [-0.2, -0.15) is 0 Å². The van der Waals surface area contributed by atoms with Gasteiger partial charge in [-0.25, -0.2) is 9.97 Å². The molecular weight excluding hydrogens is 440 g/mol. The minimum absolute atomic E-state index is 0.616. The van der Waals surface area contributed by atoms with Crippen LogP contribution in [0, 0.1) is 0 Å². The van der Waals surface area contributed by atoms with Gasteiger partial charge in [0.25, 0.3) is 0 Å². The number of fused-ring (bicyclic) bond motifs is 2. The van der Waals surface area contributed by atoms with Crippen LogP contribution in [-0.2, 0) is 0 Å². The Labute approximate surface area is 204 Å². The lowest BCUT2D eigenvalue weighted by Crippen LogP contribution is -2.07. The molecule has 5 heteroatoms. The molecule has 0 saturated heterocycles. The van der Waals surface area contributed by atoms with Gasteiger partial charge in [-0.15, -0.1) is 0 Å². The molecule has 0 atom stereocenters. The first-order valence-corrected chi connectivity index (χ1v) is 11.8. The lowest BCUT2D eigenvalue weighted by molar-refractivity contribution is 0.979. The Morgan fingerprint density at radius 2 is 1.62 bits per heavy atom. The molecule has 2 N–H and O–H groups in total. The first-order chi connectivity index (χ1) is 16.6. The van der Waals surface area contributed by atoms with Crippen molar-refractivity contribution in [2.75, 3.05) is 17.2 Å². The van der Waals surface area contributed by atoms with Crippen molar-refractivity contribution >= 4 is 50.5 Å². The van der Waals surface area contributed by atoms with Crippen LogP contribution in [0.2, 0.25) is 5.02 Å². The number of hydrogen-bond acceptors (Lipinski definition) is 4. The van der Waals surface area contributed by atoms with Crippen LogP contribution in [0.25, 0.3) is 38.8 Å². The van der Waals surface area contributed by atoms with Gasteiger partial charge in [-0.1, -0.05) is 79.7 Å². The number of benzene rings is 4. The van der Waals surface area contributed by atoms with Crippen molar-refractivity contribution in [2.24, 2.45) is 0 Å². The average Bonchev–Trinajstić information content (AvgIpc) is 2.87. The zero-order valence-electron chi connectivity index (χ0n) is 19.0. The molecular formula is C29H25ClN4. The first-order valence-electron chi connectivity index (χ1n) is 11.4. The van der Waals surface area contributed by atoms with E-state index in [0.717, 1.165) is 57.2 Å². The molecule has 0 fully saturated rings. The molecule has 34 heavy (non-hydrogen) atoms. The van der Waals surface area contributed by atoms with Gasteiger partial charge in [-0.05, 0) is 47.5 Å². The predicted molar refractivity (Wildman–Crippen MR) is 145 cm³/mol. The third-order valence-corrected chi connectivity index (χ3v) is 5.98. The Bertz CT molecular complexity index is 1510. The van der Waals surface area contributed by atoms with Crippen LogP contribution in [0.5, 0.6) is 0 Å². The highest BCUT2D eigenvalue weighted by Gasteiger charge is 2.14. The third-order valence-electron chi connectivity index (χ3n) is 5.76. The van der Waals surface area contributed by atoms with Crippen molar-refractivity contribution in [1.82, 2.24) is 9.97 Å². The zero-order chi connectivity index (χ0) is 23.5. The number of halogens is 1. The summed E-state index contributed by atoms with van der Waals surface area (Å²) in [6.07, 6.45) is 1.04. The lowest BCUT2D eigenvalue weighted by atomic mass is 10.0. The Kier molecular flexibility index (Phi) is 6.15. The fraction of sp³-hybridized carbons (Fsp3) is 0.103. The summed E-state index contributed by atoms with van der Waals surface area (Å²) >= 11 is 6.46. The molecule has 0 aliphatic heterocycles. The second-order valence-electron chi connectivity index (χ2n) is 8.16. The topological polar surface area (TPSA) is 49.8 Å². The van der Waals surface area contributed by atoms with Gasteiger partial charge in [0.1, 0.15) is 5.82 Å². The summed E-state index contributed by atoms with van der Waals surface area (Å²) < 4.78 is 0. The highest BCUT2D eigenvalue weighted by atomic mass is 35.5. The molecule has 1 aromatic heterocycles. The molecule has 0 radical (unpaired) electrons. The molecule has 0 aliphatic carbocycles. The van der Waals surface area contributed by atoms with Gasteiger partial charge >= 0.3 is 0 Å². The Morgan fingerprint density at radius 3 is 2.47 bits per heavy atom. The Balaban J connectivity index is 1.62. The fourth-order valence-electron chi connectivity index (χ4n) is 4.12. The summed E-state index contributed by atoms with van der Waals surface area (Å²) in [6, 6.07) is 28.2. The van der Waals surface area contributed by atoms with Gasteiger partial charge in [0, 0.05) is 39.5 Å². The van der Waals surface area contributed by atoms with Crippen molar-refractivity contribution in [3.05, 3.63) is 102 Å². The third kappa shape index (κ3) is 4.33.